The largest absolute Gasteiger partial charge is 0.493 e. The van der Waals surface area contributed by atoms with Crippen molar-refractivity contribution in [3.05, 3.63) is 30.3 Å². The fraction of sp³-hybridized carbons (Fsp3) is 0.467. The van der Waals surface area contributed by atoms with E-state index < -0.39 is 0 Å². The highest BCUT2D eigenvalue weighted by molar-refractivity contribution is 5.77. The van der Waals surface area contributed by atoms with E-state index in [-0.39, 0.29) is 18.2 Å². The molecule has 6 nitrogen and oxygen atoms in total. The fourth-order valence-electron chi connectivity index (χ4n) is 1.55. The summed E-state index contributed by atoms with van der Waals surface area (Å²) in [6.45, 7) is 1.54. The standard InChI is InChI=1S/C15H22N2O4/c1-20-11-7-14(18)16-9-10-17-15(19)8-12-21-13-5-3-2-4-6-13/h2-6H,7-12H2,1H3,(H,16,18)(H,17,19). The predicted molar refractivity (Wildman–Crippen MR) is 79.1 cm³/mol. The Hall–Kier alpha value is -2.08. The van der Waals surface area contributed by atoms with Gasteiger partial charge in [0.1, 0.15) is 5.75 Å². The Bertz CT molecular complexity index is 423. The highest BCUT2D eigenvalue weighted by atomic mass is 16.5. The second-order valence-corrected chi connectivity index (χ2v) is 4.35. The zero-order valence-corrected chi connectivity index (χ0v) is 12.3. The first kappa shape index (κ1) is 17.0. The number of amides is 2. The van der Waals surface area contributed by atoms with Gasteiger partial charge in [-0.1, -0.05) is 18.2 Å². The van der Waals surface area contributed by atoms with E-state index in [2.05, 4.69) is 10.6 Å². The predicted octanol–water partition coefficient (Wildman–Crippen LogP) is 0.724. The summed E-state index contributed by atoms with van der Waals surface area (Å²) < 4.78 is 10.2. The number of hydrogen-bond acceptors (Lipinski definition) is 4. The molecule has 0 aromatic heterocycles. The fourth-order valence-corrected chi connectivity index (χ4v) is 1.55. The lowest BCUT2D eigenvalue weighted by atomic mass is 10.3. The number of carbonyl (C=O) groups excluding carboxylic acids is 2. The first-order chi connectivity index (χ1) is 10.2. The second-order valence-electron chi connectivity index (χ2n) is 4.35. The summed E-state index contributed by atoms with van der Waals surface area (Å²) in [4.78, 5) is 22.8. The maximum Gasteiger partial charge on any atom is 0.223 e. The number of rotatable bonds is 10. The van der Waals surface area contributed by atoms with Gasteiger partial charge < -0.3 is 20.1 Å². The van der Waals surface area contributed by atoms with Gasteiger partial charge in [-0.3, -0.25) is 9.59 Å². The van der Waals surface area contributed by atoms with E-state index in [0.29, 0.717) is 32.7 Å². The summed E-state index contributed by atoms with van der Waals surface area (Å²) >= 11 is 0. The number of hydrogen-bond donors (Lipinski definition) is 2. The minimum Gasteiger partial charge on any atom is -0.493 e. The van der Waals surface area contributed by atoms with Crippen LogP contribution in [0.4, 0.5) is 0 Å². The Balaban J connectivity index is 2.00. The zero-order valence-electron chi connectivity index (χ0n) is 12.3. The highest BCUT2D eigenvalue weighted by Crippen LogP contribution is 2.08. The van der Waals surface area contributed by atoms with E-state index in [9.17, 15) is 9.59 Å². The Morgan fingerprint density at radius 1 is 0.952 bits per heavy atom. The molecule has 0 aliphatic rings. The minimum atomic E-state index is -0.0999. The van der Waals surface area contributed by atoms with Gasteiger partial charge in [0.2, 0.25) is 11.8 Å². The van der Waals surface area contributed by atoms with Gasteiger partial charge in [-0.15, -0.1) is 0 Å². The molecular weight excluding hydrogens is 272 g/mol. The molecule has 1 aromatic rings. The number of benzene rings is 1. The molecule has 1 rings (SSSR count). The number of methoxy groups -OCH3 is 1. The molecule has 0 aliphatic heterocycles. The van der Waals surface area contributed by atoms with E-state index in [1.807, 2.05) is 30.3 Å². The lowest BCUT2D eigenvalue weighted by Crippen LogP contribution is -2.35. The molecule has 116 valence electrons. The summed E-state index contributed by atoms with van der Waals surface area (Å²) in [5, 5.41) is 5.41. The van der Waals surface area contributed by atoms with Crippen LogP contribution < -0.4 is 15.4 Å². The summed E-state index contributed by atoms with van der Waals surface area (Å²) in [7, 11) is 1.55. The van der Waals surface area contributed by atoms with Crippen LogP contribution in [0.15, 0.2) is 30.3 Å². The molecule has 0 fully saturated rings. The van der Waals surface area contributed by atoms with Crippen molar-refractivity contribution >= 4 is 11.8 Å². The van der Waals surface area contributed by atoms with E-state index in [1.54, 1.807) is 7.11 Å². The third-order valence-electron chi connectivity index (χ3n) is 2.64. The van der Waals surface area contributed by atoms with Crippen LogP contribution in [-0.2, 0) is 14.3 Å². The van der Waals surface area contributed by atoms with Crippen molar-refractivity contribution < 1.29 is 19.1 Å². The third kappa shape index (κ3) is 8.65. The maximum absolute atomic E-state index is 11.5. The molecule has 0 radical (unpaired) electrons. The highest BCUT2D eigenvalue weighted by Gasteiger charge is 2.03. The smallest absolute Gasteiger partial charge is 0.223 e. The molecule has 2 N–H and O–H groups in total. The zero-order chi connectivity index (χ0) is 15.3. The Kier molecular flexibility index (Phi) is 8.63. The SMILES string of the molecule is COCCC(=O)NCCNC(=O)CCOc1ccccc1. The van der Waals surface area contributed by atoms with Crippen molar-refractivity contribution in [1.82, 2.24) is 10.6 Å². The molecule has 6 heteroatoms. The molecule has 0 heterocycles. The van der Waals surface area contributed by atoms with Gasteiger partial charge in [-0.05, 0) is 12.1 Å². The Morgan fingerprint density at radius 2 is 1.52 bits per heavy atom. The quantitative estimate of drug-likeness (QED) is 0.624. The van der Waals surface area contributed by atoms with Crippen LogP contribution >= 0.6 is 0 Å². The molecule has 0 atom stereocenters. The van der Waals surface area contributed by atoms with Crippen LogP contribution in [0.5, 0.6) is 5.75 Å². The number of nitrogens with one attached hydrogen (secondary N) is 2. The van der Waals surface area contributed by atoms with Crippen LogP contribution in [0.1, 0.15) is 12.8 Å². The topological polar surface area (TPSA) is 76.7 Å². The van der Waals surface area contributed by atoms with Gasteiger partial charge in [-0.2, -0.15) is 0 Å². The number of carbonyl (C=O) groups is 2. The average Bonchev–Trinajstić information content (AvgIpc) is 2.50. The molecular formula is C15H22N2O4. The van der Waals surface area contributed by atoms with Crippen LogP contribution in [0.2, 0.25) is 0 Å². The summed E-state index contributed by atoms with van der Waals surface area (Å²) in [6.07, 6.45) is 0.613. The van der Waals surface area contributed by atoms with E-state index in [4.69, 9.17) is 9.47 Å². The molecule has 2 amide bonds. The van der Waals surface area contributed by atoms with Gasteiger partial charge in [0.05, 0.1) is 19.6 Å². The van der Waals surface area contributed by atoms with Crippen molar-refractivity contribution in [3.63, 3.8) is 0 Å². The van der Waals surface area contributed by atoms with Gasteiger partial charge in [0.15, 0.2) is 0 Å². The Labute approximate surface area is 124 Å². The number of ether oxygens (including phenoxy) is 2. The molecule has 0 aliphatic carbocycles. The first-order valence-corrected chi connectivity index (χ1v) is 6.92. The van der Waals surface area contributed by atoms with Gasteiger partial charge >= 0.3 is 0 Å². The van der Waals surface area contributed by atoms with Crippen LogP contribution in [0, 0.1) is 0 Å². The summed E-state index contributed by atoms with van der Waals surface area (Å²) in [5.41, 5.74) is 0. The van der Waals surface area contributed by atoms with E-state index in [0.717, 1.165) is 5.75 Å². The van der Waals surface area contributed by atoms with Crippen molar-refractivity contribution in [2.45, 2.75) is 12.8 Å². The first-order valence-electron chi connectivity index (χ1n) is 6.92. The van der Waals surface area contributed by atoms with Crippen molar-refractivity contribution in [2.24, 2.45) is 0 Å². The number of para-hydroxylation sites is 1. The third-order valence-corrected chi connectivity index (χ3v) is 2.64. The van der Waals surface area contributed by atoms with Gasteiger partial charge in [-0.25, -0.2) is 0 Å². The molecule has 0 saturated carbocycles. The van der Waals surface area contributed by atoms with Crippen molar-refractivity contribution in [3.8, 4) is 5.75 Å². The van der Waals surface area contributed by atoms with Crippen molar-refractivity contribution in [1.29, 1.82) is 0 Å². The molecule has 21 heavy (non-hydrogen) atoms. The van der Waals surface area contributed by atoms with Gasteiger partial charge in [0, 0.05) is 26.6 Å². The maximum atomic E-state index is 11.5. The van der Waals surface area contributed by atoms with Crippen LogP contribution in [0.25, 0.3) is 0 Å². The minimum absolute atomic E-state index is 0.0847. The Morgan fingerprint density at radius 3 is 2.10 bits per heavy atom. The molecule has 0 bridgehead atoms. The normalized spacial score (nSPS) is 9.95. The lowest BCUT2D eigenvalue weighted by Gasteiger charge is -2.08. The van der Waals surface area contributed by atoms with Crippen LogP contribution in [0.3, 0.4) is 0 Å². The molecule has 0 spiro atoms. The van der Waals surface area contributed by atoms with Crippen LogP contribution in [-0.4, -0.2) is 45.2 Å². The van der Waals surface area contributed by atoms with Gasteiger partial charge in [0.25, 0.3) is 0 Å². The van der Waals surface area contributed by atoms with E-state index >= 15 is 0 Å². The molecule has 1 aromatic carbocycles. The summed E-state index contributed by atoms with van der Waals surface area (Å²) in [6, 6.07) is 9.34. The monoisotopic (exact) mass is 294 g/mol. The molecule has 0 unspecified atom stereocenters. The summed E-state index contributed by atoms with van der Waals surface area (Å²) in [5.74, 6) is 0.561. The average molecular weight is 294 g/mol. The second kappa shape index (κ2) is 10.7. The van der Waals surface area contributed by atoms with Crippen molar-refractivity contribution in [2.75, 3.05) is 33.4 Å². The lowest BCUT2D eigenvalue weighted by molar-refractivity contribution is -0.123. The molecule has 0 saturated heterocycles. The van der Waals surface area contributed by atoms with E-state index in [1.165, 1.54) is 0 Å².